The zero-order valence-electron chi connectivity index (χ0n) is 29.5. The van der Waals surface area contributed by atoms with E-state index in [0.717, 1.165) is 22.7 Å². The minimum absolute atomic E-state index is 1.06. The van der Waals surface area contributed by atoms with Crippen LogP contribution in [0.5, 0.6) is 0 Å². The minimum atomic E-state index is 1.06. The van der Waals surface area contributed by atoms with Gasteiger partial charge in [-0.15, -0.1) is 0 Å². The topological polar surface area (TPSA) is 24.1 Å². The first-order valence-electron chi connectivity index (χ1n) is 17.8. The summed E-state index contributed by atoms with van der Waals surface area (Å²) in [6, 6.07) is 69.3. The summed E-state index contributed by atoms with van der Waals surface area (Å²) in [5, 5.41) is 7.41. The zero-order valence-corrected chi connectivity index (χ0v) is 29.5. The molecule has 8 aromatic carbocycles. The lowest BCUT2D eigenvalue weighted by molar-refractivity contribution is 1.44. The number of rotatable bonds is 9. The molecule has 2 heteroatoms. The second-order valence-corrected chi connectivity index (χ2v) is 13.4. The Morgan fingerprint density at radius 3 is 1.02 bits per heavy atom. The first-order valence-corrected chi connectivity index (χ1v) is 17.8. The van der Waals surface area contributed by atoms with Gasteiger partial charge < -0.3 is 10.6 Å². The number of hydrogen-bond donors (Lipinski definition) is 2. The van der Waals surface area contributed by atoms with Crippen molar-refractivity contribution < 1.29 is 0 Å². The molecule has 0 bridgehead atoms. The van der Waals surface area contributed by atoms with E-state index < -0.39 is 0 Å². The van der Waals surface area contributed by atoms with Gasteiger partial charge in [-0.25, -0.2) is 0 Å². The third-order valence-corrected chi connectivity index (χ3v) is 9.57. The summed E-state index contributed by atoms with van der Waals surface area (Å²) in [6.07, 6.45) is 0. The first-order chi connectivity index (χ1) is 25.6. The molecule has 0 atom stereocenters. The number of nitrogens with one attached hydrogen (secondary N) is 2. The Balaban J connectivity index is 1.07. The second-order valence-electron chi connectivity index (χ2n) is 13.4. The molecular weight excluding hydrogens is 629 g/mol. The van der Waals surface area contributed by atoms with Crippen molar-refractivity contribution in [2.75, 3.05) is 10.6 Å². The van der Waals surface area contributed by atoms with Crippen LogP contribution in [-0.2, 0) is 0 Å². The first kappa shape index (κ1) is 32.6. The third-order valence-electron chi connectivity index (χ3n) is 9.57. The predicted octanol–water partition coefficient (Wildman–Crippen LogP) is 14.1. The highest BCUT2D eigenvalue weighted by Gasteiger charge is 2.12. The summed E-state index contributed by atoms with van der Waals surface area (Å²) in [5.41, 5.74) is 18.6. The Labute approximate surface area is 307 Å². The van der Waals surface area contributed by atoms with Crippen LogP contribution in [-0.4, -0.2) is 0 Å². The third kappa shape index (κ3) is 7.28. The van der Waals surface area contributed by atoms with E-state index in [9.17, 15) is 0 Å². The maximum atomic E-state index is 3.70. The highest BCUT2D eigenvalue weighted by Crippen LogP contribution is 2.37. The van der Waals surface area contributed by atoms with E-state index in [-0.39, 0.29) is 0 Å². The molecular formula is C50H40N2. The van der Waals surface area contributed by atoms with Crippen molar-refractivity contribution >= 4 is 22.7 Å². The standard InChI is InChI=1S/C50H40N2/c1-35-19-29-49(51-45-25-21-39(22-26-45)37-11-5-3-6-12-37)47(31-35)43-17-9-15-41(33-43)42-16-10-18-44(34-42)48-32-36(2)20-30-50(48)52-46-27-23-40(24-28-46)38-13-7-4-8-14-38/h3-34,51-52H,1-2H3. The molecule has 0 saturated heterocycles. The molecule has 0 amide bonds. The highest BCUT2D eigenvalue weighted by atomic mass is 14.9. The largest absolute Gasteiger partial charge is 0.355 e. The van der Waals surface area contributed by atoms with Crippen LogP contribution in [0.3, 0.4) is 0 Å². The molecule has 2 N–H and O–H groups in total. The number of aryl methyl sites for hydroxylation is 2. The SMILES string of the molecule is Cc1ccc(Nc2ccc(-c3ccccc3)cc2)c(-c2cccc(-c3cccc(-c4cc(C)ccc4Nc4ccc(-c5ccccc5)cc4)c3)c2)c1. The predicted molar refractivity (Wildman–Crippen MR) is 223 cm³/mol. The van der Waals surface area contributed by atoms with Crippen molar-refractivity contribution in [3.63, 3.8) is 0 Å². The van der Waals surface area contributed by atoms with Gasteiger partial charge >= 0.3 is 0 Å². The quantitative estimate of drug-likeness (QED) is 0.160. The van der Waals surface area contributed by atoms with Crippen LogP contribution in [0.15, 0.2) is 194 Å². The summed E-state index contributed by atoms with van der Waals surface area (Å²) in [6.45, 7) is 4.31. The molecule has 0 fully saturated rings. The Morgan fingerprint density at radius 1 is 0.269 bits per heavy atom. The van der Waals surface area contributed by atoms with Gasteiger partial charge in [-0.2, -0.15) is 0 Å². The number of hydrogen-bond acceptors (Lipinski definition) is 2. The van der Waals surface area contributed by atoms with Gasteiger partial charge in [-0.3, -0.25) is 0 Å². The molecule has 0 aromatic heterocycles. The molecule has 250 valence electrons. The summed E-state index contributed by atoms with van der Waals surface area (Å²) < 4.78 is 0. The lowest BCUT2D eigenvalue weighted by Gasteiger charge is -2.16. The number of anilines is 4. The van der Waals surface area contributed by atoms with Crippen LogP contribution in [0.4, 0.5) is 22.7 Å². The number of benzene rings is 8. The van der Waals surface area contributed by atoms with Gasteiger partial charge in [0.1, 0.15) is 0 Å². The van der Waals surface area contributed by atoms with Crippen LogP contribution in [0.2, 0.25) is 0 Å². The normalized spacial score (nSPS) is 10.9. The summed E-state index contributed by atoms with van der Waals surface area (Å²) in [5.74, 6) is 0. The van der Waals surface area contributed by atoms with E-state index in [0.29, 0.717) is 0 Å². The van der Waals surface area contributed by atoms with Crippen LogP contribution in [0.1, 0.15) is 11.1 Å². The van der Waals surface area contributed by atoms with E-state index in [1.807, 2.05) is 0 Å². The molecule has 0 aliphatic rings. The Hall–Kier alpha value is -6.64. The van der Waals surface area contributed by atoms with E-state index >= 15 is 0 Å². The molecule has 0 spiro atoms. The lowest BCUT2D eigenvalue weighted by Crippen LogP contribution is -1.95. The van der Waals surface area contributed by atoms with Crippen LogP contribution in [0, 0.1) is 13.8 Å². The molecule has 0 aliphatic carbocycles. The molecule has 0 radical (unpaired) electrons. The minimum Gasteiger partial charge on any atom is -0.355 e. The van der Waals surface area contributed by atoms with Crippen LogP contribution < -0.4 is 10.6 Å². The van der Waals surface area contributed by atoms with Gasteiger partial charge in [0.25, 0.3) is 0 Å². The van der Waals surface area contributed by atoms with Gasteiger partial charge in [0.15, 0.2) is 0 Å². The lowest BCUT2D eigenvalue weighted by atomic mass is 9.94. The van der Waals surface area contributed by atoms with Crippen molar-refractivity contribution in [1.29, 1.82) is 0 Å². The fourth-order valence-corrected chi connectivity index (χ4v) is 6.81. The summed E-state index contributed by atoms with van der Waals surface area (Å²) in [4.78, 5) is 0. The van der Waals surface area contributed by atoms with Gasteiger partial charge in [-0.1, -0.05) is 145 Å². The average Bonchev–Trinajstić information content (AvgIpc) is 3.20. The fraction of sp³-hybridized carbons (Fsp3) is 0.0400. The maximum Gasteiger partial charge on any atom is 0.0464 e. The smallest absolute Gasteiger partial charge is 0.0464 e. The Kier molecular flexibility index (Phi) is 9.19. The molecule has 0 saturated carbocycles. The fourth-order valence-electron chi connectivity index (χ4n) is 6.81. The summed E-state index contributed by atoms with van der Waals surface area (Å²) in [7, 11) is 0. The van der Waals surface area contributed by atoms with Gasteiger partial charge in [-0.05, 0) is 119 Å². The average molecular weight is 669 g/mol. The van der Waals surface area contributed by atoms with Gasteiger partial charge in [0.05, 0.1) is 0 Å². The van der Waals surface area contributed by atoms with Crippen molar-refractivity contribution in [2.45, 2.75) is 13.8 Å². The van der Waals surface area contributed by atoms with Crippen LogP contribution in [0.25, 0.3) is 55.6 Å². The second kappa shape index (κ2) is 14.7. The molecule has 8 aromatic rings. The summed E-state index contributed by atoms with van der Waals surface area (Å²) >= 11 is 0. The molecule has 0 aliphatic heterocycles. The molecule has 52 heavy (non-hydrogen) atoms. The van der Waals surface area contributed by atoms with Crippen molar-refractivity contribution in [3.05, 3.63) is 205 Å². The molecule has 0 heterocycles. The van der Waals surface area contributed by atoms with E-state index in [1.54, 1.807) is 0 Å². The van der Waals surface area contributed by atoms with E-state index in [4.69, 9.17) is 0 Å². The van der Waals surface area contributed by atoms with Crippen molar-refractivity contribution in [3.8, 4) is 55.6 Å². The monoisotopic (exact) mass is 668 g/mol. The van der Waals surface area contributed by atoms with E-state index in [1.165, 1.54) is 66.8 Å². The Morgan fingerprint density at radius 2 is 0.615 bits per heavy atom. The van der Waals surface area contributed by atoms with Gasteiger partial charge in [0, 0.05) is 33.9 Å². The maximum absolute atomic E-state index is 3.70. The van der Waals surface area contributed by atoms with Crippen molar-refractivity contribution in [2.24, 2.45) is 0 Å². The van der Waals surface area contributed by atoms with E-state index in [2.05, 4.69) is 219 Å². The van der Waals surface area contributed by atoms with Crippen LogP contribution >= 0.6 is 0 Å². The molecule has 2 nitrogen and oxygen atoms in total. The highest BCUT2D eigenvalue weighted by molar-refractivity contribution is 5.87. The Bertz CT molecular complexity index is 2270. The molecule has 0 unspecified atom stereocenters. The zero-order chi connectivity index (χ0) is 35.3. The van der Waals surface area contributed by atoms with Gasteiger partial charge in [0.2, 0.25) is 0 Å². The molecule has 8 rings (SSSR count). The van der Waals surface area contributed by atoms with Crippen molar-refractivity contribution in [1.82, 2.24) is 0 Å².